The van der Waals surface area contributed by atoms with E-state index in [1.165, 1.54) is 22.5 Å². The van der Waals surface area contributed by atoms with Crippen molar-refractivity contribution in [2.45, 2.75) is 12.2 Å². The highest BCUT2D eigenvalue weighted by Crippen LogP contribution is 2.27. The molecule has 0 aliphatic carbocycles. The van der Waals surface area contributed by atoms with Crippen molar-refractivity contribution in [3.8, 4) is 0 Å². The minimum Gasteiger partial charge on any atom is -0.303 e. The van der Waals surface area contributed by atoms with Crippen LogP contribution < -0.4 is 5.32 Å². The van der Waals surface area contributed by atoms with Gasteiger partial charge in [-0.2, -0.15) is 5.10 Å². The van der Waals surface area contributed by atoms with Gasteiger partial charge in [0, 0.05) is 5.56 Å². The lowest BCUT2D eigenvalue weighted by molar-refractivity contribution is -0.118. The van der Waals surface area contributed by atoms with Crippen molar-refractivity contribution in [3.63, 3.8) is 0 Å². The molecular weight excluding hydrogens is 318 g/mol. The number of amidine groups is 1. The average Bonchev–Trinajstić information content (AvgIpc) is 2.92. The summed E-state index contributed by atoms with van der Waals surface area (Å²) in [6.45, 7) is 1.85. The van der Waals surface area contributed by atoms with Gasteiger partial charge in [0.25, 0.3) is 0 Å². The van der Waals surface area contributed by atoms with Crippen molar-refractivity contribution >= 4 is 50.6 Å². The summed E-state index contributed by atoms with van der Waals surface area (Å²) in [5.41, 5.74) is 1.04. The zero-order valence-corrected chi connectivity index (χ0v) is 13.9. The fourth-order valence-electron chi connectivity index (χ4n) is 2.83. The monoisotopic (exact) mass is 333 g/mol. The maximum Gasteiger partial charge on any atom is 0.239 e. The number of benzene rings is 3. The molecule has 0 unspecified atom stereocenters. The molecular formula is C19H15N3OS. The SMILES string of the molecule is C[C@@H]1S/C(=N\N=C/c2c3ccccc3cc3ccccc23)NC1=O. The van der Waals surface area contributed by atoms with Crippen LogP contribution in [0.2, 0.25) is 0 Å². The number of fused-ring (bicyclic) bond motifs is 2. The minimum atomic E-state index is -0.114. The standard InChI is InChI=1S/C19H15N3OS/c1-12-18(23)21-19(24-12)22-20-11-17-15-8-4-2-6-13(15)10-14-7-3-5-9-16(14)17/h2-12H,1H3,(H,21,22,23)/b20-11-/t12-/m0/s1. The Labute approximate surface area is 143 Å². The quantitative estimate of drug-likeness (QED) is 0.439. The van der Waals surface area contributed by atoms with E-state index in [0.29, 0.717) is 5.17 Å². The van der Waals surface area contributed by atoms with E-state index in [4.69, 9.17) is 0 Å². The van der Waals surface area contributed by atoms with E-state index in [9.17, 15) is 4.79 Å². The normalized spacial score (nSPS) is 19.6. The molecule has 3 aromatic rings. The summed E-state index contributed by atoms with van der Waals surface area (Å²) in [6.07, 6.45) is 1.77. The third-order valence-corrected chi connectivity index (χ3v) is 5.01. The number of rotatable bonds is 2. The van der Waals surface area contributed by atoms with Crippen LogP contribution in [0.4, 0.5) is 0 Å². The molecule has 24 heavy (non-hydrogen) atoms. The van der Waals surface area contributed by atoms with Crippen LogP contribution in [0.25, 0.3) is 21.5 Å². The second kappa shape index (κ2) is 6.09. The van der Waals surface area contributed by atoms with Gasteiger partial charge in [0.1, 0.15) is 0 Å². The second-order valence-corrected chi connectivity index (χ2v) is 6.96. The van der Waals surface area contributed by atoms with E-state index < -0.39 is 0 Å². The van der Waals surface area contributed by atoms with Gasteiger partial charge in [0.05, 0.1) is 11.5 Å². The first-order chi connectivity index (χ1) is 11.7. The molecule has 3 aromatic carbocycles. The smallest absolute Gasteiger partial charge is 0.239 e. The summed E-state index contributed by atoms with van der Waals surface area (Å²) in [4.78, 5) is 11.5. The van der Waals surface area contributed by atoms with E-state index >= 15 is 0 Å². The summed E-state index contributed by atoms with van der Waals surface area (Å²) in [7, 11) is 0. The first-order valence-corrected chi connectivity index (χ1v) is 8.59. The first-order valence-electron chi connectivity index (χ1n) is 7.71. The molecule has 1 saturated heterocycles. The average molecular weight is 333 g/mol. The van der Waals surface area contributed by atoms with Crippen LogP contribution in [0.5, 0.6) is 0 Å². The zero-order valence-electron chi connectivity index (χ0n) is 13.1. The Morgan fingerprint density at radius 1 is 1.04 bits per heavy atom. The lowest BCUT2D eigenvalue weighted by Crippen LogP contribution is -2.23. The van der Waals surface area contributed by atoms with Gasteiger partial charge in [-0.15, -0.1) is 5.10 Å². The van der Waals surface area contributed by atoms with Crippen LogP contribution in [-0.2, 0) is 4.79 Å². The lowest BCUT2D eigenvalue weighted by atomic mass is 9.97. The zero-order chi connectivity index (χ0) is 16.5. The number of amides is 1. The first kappa shape index (κ1) is 14.9. The molecule has 0 radical (unpaired) electrons. The Morgan fingerprint density at radius 2 is 1.67 bits per heavy atom. The highest BCUT2D eigenvalue weighted by atomic mass is 32.2. The third kappa shape index (κ3) is 2.67. The van der Waals surface area contributed by atoms with E-state index in [1.54, 1.807) is 6.21 Å². The van der Waals surface area contributed by atoms with E-state index in [0.717, 1.165) is 16.3 Å². The van der Waals surface area contributed by atoms with Gasteiger partial charge in [-0.1, -0.05) is 60.3 Å². The fourth-order valence-corrected chi connectivity index (χ4v) is 3.59. The van der Waals surface area contributed by atoms with Gasteiger partial charge in [0.2, 0.25) is 5.91 Å². The van der Waals surface area contributed by atoms with Crippen molar-refractivity contribution in [1.82, 2.24) is 5.32 Å². The molecule has 0 aromatic heterocycles. The van der Waals surface area contributed by atoms with Crippen molar-refractivity contribution < 1.29 is 4.79 Å². The Bertz CT molecular complexity index is 956. The van der Waals surface area contributed by atoms with E-state index in [-0.39, 0.29) is 11.2 Å². The molecule has 0 spiro atoms. The van der Waals surface area contributed by atoms with Crippen molar-refractivity contribution in [2.24, 2.45) is 10.2 Å². The van der Waals surface area contributed by atoms with Gasteiger partial charge in [-0.05, 0) is 34.5 Å². The highest BCUT2D eigenvalue weighted by Gasteiger charge is 2.25. The lowest BCUT2D eigenvalue weighted by Gasteiger charge is -2.07. The summed E-state index contributed by atoms with van der Waals surface area (Å²) in [6, 6.07) is 18.7. The molecule has 4 rings (SSSR count). The van der Waals surface area contributed by atoms with E-state index in [2.05, 4.69) is 45.9 Å². The number of hydrogen-bond acceptors (Lipinski definition) is 4. The maximum atomic E-state index is 11.5. The Kier molecular flexibility index (Phi) is 3.78. The molecule has 0 saturated carbocycles. The summed E-state index contributed by atoms with van der Waals surface area (Å²) >= 11 is 1.39. The Hall–Kier alpha value is -2.66. The molecule has 5 heteroatoms. The molecule has 1 aliphatic rings. The van der Waals surface area contributed by atoms with Gasteiger partial charge in [-0.25, -0.2) is 0 Å². The summed E-state index contributed by atoms with van der Waals surface area (Å²) in [5.74, 6) is -0.0236. The topological polar surface area (TPSA) is 53.8 Å². The van der Waals surface area contributed by atoms with Crippen LogP contribution in [0, 0.1) is 0 Å². The van der Waals surface area contributed by atoms with Crippen molar-refractivity contribution in [2.75, 3.05) is 0 Å². The maximum absolute atomic E-state index is 11.5. The number of nitrogens with one attached hydrogen (secondary N) is 1. The van der Waals surface area contributed by atoms with Crippen LogP contribution >= 0.6 is 11.8 Å². The van der Waals surface area contributed by atoms with Crippen LogP contribution in [0.1, 0.15) is 12.5 Å². The fraction of sp³-hybridized carbons (Fsp3) is 0.105. The molecule has 4 nitrogen and oxygen atoms in total. The minimum absolute atomic E-state index is 0.0236. The number of nitrogens with zero attached hydrogens (tertiary/aromatic N) is 2. The number of carbonyl (C=O) groups is 1. The second-order valence-electron chi connectivity index (χ2n) is 5.63. The van der Waals surface area contributed by atoms with Crippen LogP contribution in [-0.4, -0.2) is 22.5 Å². The molecule has 1 amide bonds. The third-order valence-electron chi connectivity index (χ3n) is 4.04. The summed E-state index contributed by atoms with van der Waals surface area (Å²) in [5, 5.41) is 16.1. The Morgan fingerprint density at radius 3 is 2.25 bits per heavy atom. The van der Waals surface area contributed by atoms with Gasteiger partial charge < -0.3 is 5.32 Å². The van der Waals surface area contributed by atoms with Gasteiger partial charge in [-0.3, -0.25) is 4.79 Å². The van der Waals surface area contributed by atoms with Crippen molar-refractivity contribution in [3.05, 3.63) is 60.2 Å². The molecule has 0 bridgehead atoms. The molecule has 118 valence electrons. The van der Waals surface area contributed by atoms with Gasteiger partial charge >= 0.3 is 0 Å². The number of hydrogen-bond donors (Lipinski definition) is 1. The number of carbonyl (C=O) groups excluding carboxylic acids is 1. The largest absolute Gasteiger partial charge is 0.303 e. The predicted octanol–water partition coefficient (Wildman–Crippen LogP) is 3.93. The molecule has 1 N–H and O–H groups in total. The van der Waals surface area contributed by atoms with Crippen molar-refractivity contribution in [1.29, 1.82) is 0 Å². The Balaban J connectivity index is 1.81. The summed E-state index contributed by atoms with van der Waals surface area (Å²) < 4.78 is 0. The molecule has 1 fully saturated rings. The molecule has 1 heterocycles. The molecule has 1 atom stereocenters. The van der Waals surface area contributed by atoms with Crippen LogP contribution in [0.3, 0.4) is 0 Å². The van der Waals surface area contributed by atoms with E-state index in [1.807, 2.05) is 31.2 Å². The van der Waals surface area contributed by atoms with Crippen LogP contribution in [0.15, 0.2) is 64.8 Å². The number of thioether (sulfide) groups is 1. The molecule has 1 aliphatic heterocycles. The predicted molar refractivity (Wildman–Crippen MR) is 102 cm³/mol. The van der Waals surface area contributed by atoms with Gasteiger partial charge in [0.15, 0.2) is 5.17 Å². The highest BCUT2D eigenvalue weighted by molar-refractivity contribution is 8.15.